The van der Waals surface area contributed by atoms with Crippen LogP contribution in [0.25, 0.3) is 0 Å². The van der Waals surface area contributed by atoms with E-state index >= 15 is 0 Å². The minimum atomic E-state index is -0.980. The minimum Gasteiger partial charge on any atom is -0.435 e. The smallest absolute Gasteiger partial charge is 0.291 e. The lowest BCUT2D eigenvalue weighted by Gasteiger charge is -2.24. The van der Waals surface area contributed by atoms with Gasteiger partial charge in [-0.15, -0.1) is 0 Å². The van der Waals surface area contributed by atoms with Crippen LogP contribution in [-0.4, -0.2) is 28.6 Å². The van der Waals surface area contributed by atoms with Gasteiger partial charge in [-0.05, 0) is 36.8 Å². The van der Waals surface area contributed by atoms with Crippen molar-refractivity contribution in [2.75, 3.05) is 10.2 Å². The van der Waals surface area contributed by atoms with Crippen LogP contribution >= 0.6 is 0 Å². The zero-order valence-electron chi connectivity index (χ0n) is 11.9. The predicted molar refractivity (Wildman–Crippen MR) is 81.4 cm³/mol. The van der Waals surface area contributed by atoms with Crippen LogP contribution in [0.3, 0.4) is 0 Å². The summed E-state index contributed by atoms with van der Waals surface area (Å²) in [6, 6.07) is 12.1. The third kappa shape index (κ3) is 2.61. The molecule has 1 amide bonds. The van der Waals surface area contributed by atoms with Crippen LogP contribution in [-0.2, 0) is 0 Å². The van der Waals surface area contributed by atoms with E-state index in [2.05, 4.69) is 5.32 Å². The number of aliphatic hydroxyl groups excluding tert-OH is 2. The summed E-state index contributed by atoms with van der Waals surface area (Å²) in [5.74, 6) is -0.0700. The van der Waals surface area contributed by atoms with Gasteiger partial charge in [0.05, 0.1) is 0 Å². The molecule has 0 fully saturated rings. The second kappa shape index (κ2) is 5.67. The Balaban J connectivity index is 1.75. The number of nitrogens with zero attached hydrogens (tertiary/aromatic N) is 1. The molecule has 0 saturated heterocycles. The second-order valence-electron chi connectivity index (χ2n) is 5.06. The summed E-state index contributed by atoms with van der Waals surface area (Å²) in [5, 5.41) is 22.6. The van der Waals surface area contributed by atoms with Crippen LogP contribution < -0.4 is 10.2 Å². The van der Waals surface area contributed by atoms with Crippen molar-refractivity contribution in [3.05, 3.63) is 59.9 Å². The van der Waals surface area contributed by atoms with Crippen molar-refractivity contribution >= 4 is 17.5 Å². The van der Waals surface area contributed by atoms with E-state index in [1.807, 2.05) is 18.2 Å². The van der Waals surface area contributed by atoms with Gasteiger partial charge >= 0.3 is 0 Å². The molecule has 0 saturated carbocycles. The van der Waals surface area contributed by atoms with Gasteiger partial charge in [0.15, 0.2) is 18.2 Å². The van der Waals surface area contributed by atoms with Gasteiger partial charge in [-0.2, -0.15) is 0 Å². The first-order valence-corrected chi connectivity index (χ1v) is 6.85. The van der Waals surface area contributed by atoms with Gasteiger partial charge in [0.2, 0.25) is 5.88 Å². The van der Waals surface area contributed by atoms with E-state index in [9.17, 15) is 15.0 Å². The number of aliphatic hydroxyl groups is 2. The number of carbonyl (C=O) groups excluding carboxylic acids is 1. The molecule has 0 aliphatic carbocycles. The number of hydrogen-bond donors (Lipinski definition) is 3. The maximum atomic E-state index is 12.1. The molecular formula is C16H16N2O4. The highest BCUT2D eigenvalue weighted by Crippen LogP contribution is 2.29. The average Bonchev–Trinajstić information content (AvgIpc) is 3.06. The molecule has 2 heterocycles. The fourth-order valence-corrected chi connectivity index (χ4v) is 2.32. The van der Waals surface area contributed by atoms with E-state index in [1.54, 1.807) is 25.1 Å². The Morgan fingerprint density at radius 1 is 1.18 bits per heavy atom. The summed E-state index contributed by atoms with van der Waals surface area (Å²) in [7, 11) is 0. The van der Waals surface area contributed by atoms with E-state index in [1.165, 1.54) is 17.0 Å². The van der Waals surface area contributed by atoms with E-state index in [-0.39, 0.29) is 11.6 Å². The van der Waals surface area contributed by atoms with E-state index in [4.69, 9.17) is 4.42 Å². The van der Waals surface area contributed by atoms with Gasteiger partial charge in [-0.1, -0.05) is 18.2 Å². The number of hydrogen-bond acceptors (Lipinski definition) is 5. The molecule has 2 aromatic rings. The van der Waals surface area contributed by atoms with Gasteiger partial charge in [0.1, 0.15) is 0 Å². The van der Waals surface area contributed by atoms with E-state index < -0.39 is 18.4 Å². The van der Waals surface area contributed by atoms with Crippen LogP contribution in [0.4, 0.5) is 11.6 Å². The van der Waals surface area contributed by atoms with Gasteiger partial charge in [-0.25, -0.2) is 0 Å². The van der Waals surface area contributed by atoms with Crippen LogP contribution in [0, 0.1) is 0 Å². The Hall–Kier alpha value is -2.57. The van der Waals surface area contributed by atoms with Crippen molar-refractivity contribution in [1.82, 2.24) is 0 Å². The van der Waals surface area contributed by atoms with E-state index in [0.717, 1.165) is 0 Å². The lowest BCUT2D eigenvalue weighted by atomic mass is 10.3. The molecule has 0 spiro atoms. The quantitative estimate of drug-likeness (QED) is 0.754. The van der Waals surface area contributed by atoms with Crippen LogP contribution in [0.15, 0.2) is 58.5 Å². The van der Waals surface area contributed by atoms with Crippen molar-refractivity contribution in [2.45, 2.75) is 19.4 Å². The monoisotopic (exact) mass is 300 g/mol. The highest BCUT2D eigenvalue weighted by Gasteiger charge is 2.32. The third-order valence-corrected chi connectivity index (χ3v) is 3.47. The van der Waals surface area contributed by atoms with Crippen LogP contribution in [0.5, 0.6) is 0 Å². The van der Waals surface area contributed by atoms with Gasteiger partial charge in [0, 0.05) is 11.8 Å². The molecule has 22 heavy (non-hydrogen) atoms. The SMILES string of the molecule is CC1=CC(O)N(c2ccc(C(=O)Nc3ccccc3)o2)C1O. The molecule has 1 aliphatic rings. The molecule has 2 atom stereocenters. The molecule has 114 valence electrons. The lowest BCUT2D eigenvalue weighted by Crippen LogP contribution is -2.37. The molecule has 6 heteroatoms. The highest BCUT2D eigenvalue weighted by atomic mass is 16.4. The number of benzene rings is 1. The Kier molecular flexibility index (Phi) is 3.70. The molecule has 0 radical (unpaired) electrons. The number of anilines is 2. The molecule has 3 N–H and O–H groups in total. The van der Waals surface area contributed by atoms with E-state index in [0.29, 0.717) is 11.3 Å². The molecule has 1 aromatic heterocycles. The summed E-state index contributed by atoms with van der Waals surface area (Å²) < 4.78 is 5.45. The minimum absolute atomic E-state index is 0.0998. The molecule has 2 unspecified atom stereocenters. The maximum absolute atomic E-state index is 12.1. The number of carbonyl (C=O) groups is 1. The zero-order valence-corrected chi connectivity index (χ0v) is 11.9. The van der Waals surface area contributed by atoms with Crippen LogP contribution in [0.1, 0.15) is 17.5 Å². The number of para-hydroxylation sites is 1. The Morgan fingerprint density at radius 3 is 2.55 bits per heavy atom. The van der Waals surface area contributed by atoms with Crippen molar-refractivity contribution in [3.63, 3.8) is 0 Å². The topological polar surface area (TPSA) is 85.9 Å². The highest BCUT2D eigenvalue weighted by molar-refractivity contribution is 6.02. The summed E-state index contributed by atoms with van der Waals surface area (Å²) >= 11 is 0. The molecular weight excluding hydrogens is 284 g/mol. The number of amides is 1. The molecule has 1 aliphatic heterocycles. The van der Waals surface area contributed by atoms with Crippen molar-refractivity contribution in [3.8, 4) is 0 Å². The maximum Gasteiger partial charge on any atom is 0.291 e. The number of nitrogens with one attached hydrogen (secondary N) is 1. The van der Waals surface area contributed by atoms with Crippen molar-refractivity contribution < 1.29 is 19.4 Å². The van der Waals surface area contributed by atoms with Gasteiger partial charge < -0.3 is 19.9 Å². The Morgan fingerprint density at radius 2 is 1.91 bits per heavy atom. The molecule has 6 nitrogen and oxygen atoms in total. The van der Waals surface area contributed by atoms with Gasteiger partial charge in [0.25, 0.3) is 5.91 Å². The van der Waals surface area contributed by atoms with Crippen molar-refractivity contribution in [1.29, 1.82) is 0 Å². The fourth-order valence-electron chi connectivity index (χ4n) is 2.32. The summed E-state index contributed by atoms with van der Waals surface area (Å²) in [6.07, 6.45) is -0.422. The predicted octanol–water partition coefficient (Wildman–Crippen LogP) is 1.94. The first-order valence-electron chi connectivity index (χ1n) is 6.85. The Bertz CT molecular complexity index is 708. The summed E-state index contributed by atoms with van der Waals surface area (Å²) in [4.78, 5) is 13.4. The third-order valence-electron chi connectivity index (χ3n) is 3.47. The van der Waals surface area contributed by atoms with Gasteiger partial charge in [-0.3, -0.25) is 9.69 Å². The largest absolute Gasteiger partial charge is 0.435 e. The number of rotatable bonds is 3. The standard InChI is InChI=1S/C16H16N2O4/c1-10-9-13(19)18(16(10)21)14-8-7-12(22-14)15(20)17-11-5-3-2-4-6-11/h2-9,13,16,19,21H,1H3,(H,17,20). The summed E-state index contributed by atoms with van der Waals surface area (Å²) in [5.41, 5.74) is 1.28. The summed E-state index contributed by atoms with van der Waals surface area (Å²) in [6.45, 7) is 1.71. The molecule has 3 rings (SSSR count). The average molecular weight is 300 g/mol. The van der Waals surface area contributed by atoms with Crippen molar-refractivity contribution in [2.24, 2.45) is 0 Å². The normalized spacial score (nSPS) is 20.9. The molecule has 1 aromatic carbocycles. The fraction of sp³-hybridized carbons (Fsp3) is 0.188. The second-order valence-corrected chi connectivity index (χ2v) is 5.06. The zero-order chi connectivity index (χ0) is 15.7. The van der Waals surface area contributed by atoms with Crippen LogP contribution in [0.2, 0.25) is 0 Å². The first-order chi connectivity index (χ1) is 10.6. The Labute approximate surface area is 127 Å². The lowest BCUT2D eigenvalue weighted by molar-refractivity contribution is 0.0991. The first kappa shape index (κ1) is 14.4. The molecule has 0 bridgehead atoms. The number of furan rings is 1.